The SMILES string of the molecule is CC1CN(C(=O)c2cccs2)CC(C)N1C. The summed E-state index contributed by atoms with van der Waals surface area (Å²) in [5.74, 6) is 0.182. The van der Waals surface area contributed by atoms with Gasteiger partial charge >= 0.3 is 0 Å². The first-order valence-corrected chi connectivity index (χ1v) is 6.52. The molecule has 0 bridgehead atoms. The molecule has 1 aliphatic rings. The Bertz CT molecular complexity index is 351. The maximum Gasteiger partial charge on any atom is 0.264 e. The van der Waals surface area contributed by atoms with E-state index in [0.29, 0.717) is 12.1 Å². The third-order valence-electron chi connectivity index (χ3n) is 3.38. The van der Waals surface area contributed by atoms with Gasteiger partial charge in [0, 0.05) is 25.2 Å². The predicted octanol–water partition coefficient (Wildman–Crippen LogP) is 1.91. The molecule has 88 valence electrons. The summed E-state index contributed by atoms with van der Waals surface area (Å²) in [7, 11) is 2.13. The van der Waals surface area contributed by atoms with Crippen molar-refractivity contribution >= 4 is 17.2 Å². The molecule has 2 atom stereocenters. The lowest BCUT2D eigenvalue weighted by molar-refractivity contribution is 0.0418. The lowest BCUT2D eigenvalue weighted by atomic mass is 10.1. The fourth-order valence-electron chi connectivity index (χ4n) is 2.13. The molecule has 4 heteroatoms. The van der Waals surface area contributed by atoms with Gasteiger partial charge in [-0.05, 0) is 32.3 Å². The van der Waals surface area contributed by atoms with E-state index in [4.69, 9.17) is 0 Å². The molecule has 0 spiro atoms. The topological polar surface area (TPSA) is 23.6 Å². The number of carbonyl (C=O) groups is 1. The fraction of sp³-hybridized carbons (Fsp3) is 0.583. The average Bonchev–Trinajstić information content (AvgIpc) is 2.77. The second-order valence-electron chi connectivity index (χ2n) is 4.55. The zero-order valence-corrected chi connectivity index (χ0v) is 10.8. The molecule has 0 aliphatic carbocycles. The van der Waals surface area contributed by atoms with E-state index in [-0.39, 0.29) is 5.91 Å². The molecule has 0 radical (unpaired) electrons. The molecule has 2 heterocycles. The number of piperazine rings is 1. The molecule has 1 aliphatic heterocycles. The first kappa shape index (κ1) is 11.6. The van der Waals surface area contributed by atoms with Gasteiger partial charge in [0.1, 0.15) is 0 Å². The Balaban J connectivity index is 2.09. The lowest BCUT2D eigenvalue weighted by Gasteiger charge is -2.42. The molecule has 16 heavy (non-hydrogen) atoms. The van der Waals surface area contributed by atoms with E-state index in [1.54, 1.807) is 0 Å². The van der Waals surface area contributed by atoms with Crippen LogP contribution in [0.5, 0.6) is 0 Å². The van der Waals surface area contributed by atoms with E-state index < -0.39 is 0 Å². The molecule has 1 fully saturated rings. The number of hydrogen-bond acceptors (Lipinski definition) is 3. The Hall–Kier alpha value is -0.870. The molecular weight excluding hydrogens is 220 g/mol. The van der Waals surface area contributed by atoms with Crippen molar-refractivity contribution < 1.29 is 4.79 Å². The minimum atomic E-state index is 0.182. The second kappa shape index (κ2) is 4.55. The molecule has 0 aromatic carbocycles. The van der Waals surface area contributed by atoms with Crippen molar-refractivity contribution in [3.05, 3.63) is 22.4 Å². The first-order valence-electron chi connectivity index (χ1n) is 5.64. The van der Waals surface area contributed by atoms with Crippen LogP contribution in [-0.2, 0) is 0 Å². The largest absolute Gasteiger partial charge is 0.335 e. The van der Waals surface area contributed by atoms with E-state index in [9.17, 15) is 4.79 Å². The Morgan fingerprint density at radius 2 is 2.00 bits per heavy atom. The lowest BCUT2D eigenvalue weighted by Crippen LogP contribution is -2.56. The number of thiophene rings is 1. The number of likely N-dealkylation sites (N-methyl/N-ethyl adjacent to an activating group) is 1. The number of carbonyl (C=O) groups excluding carboxylic acids is 1. The summed E-state index contributed by atoms with van der Waals surface area (Å²) in [6.45, 7) is 6.00. The van der Waals surface area contributed by atoms with Crippen molar-refractivity contribution in [2.75, 3.05) is 20.1 Å². The molecule has 3 nitrogen and oxygen atoms in total. The molecule has 2 rings (SSSR count). The second-order valence-corrected chi connectivity index (χ2v) is 5.50. The minimum Gasteiger partial charge on any atom is -0.335 e. The van der Waals surface area contributed by atoms with Gasteiger partial charge in [0.25, 0.3) is 5.91 Å². The van der Waals surface area contributed by atoms with Crippen LogP contribution < -0.4 is 0 Å². The van der Waals surface area contributed by atoms with E-state index in [1.807, 2.05) is 22.4 Å². The number of rotatable bonds is 1. The van der Waals surface area contributed by atoms with E-state index in [2.05, 4.69) is 25.8 Å². The Labute approximate surface area is 101 Å². The van der Waals surface area contributed by atoms with Crippen LogP contribution in [0.2, 0.25) is 0 Å². The molecule has 1 amide bonds. The van der Waals surface area contributed by atoms with Gasteiger partial charge in [-0.3, -0.25) is 9.69 Å². The Morgan fingerprint density at radius 3 is 2.50 bits per heavy atom. The number of hydrogen-bond donors (Lipinski definition) is 0. The average molecular weight is 238 g/mol. The highest BCUT2D eigenvalue weighted by Gasteiger charge is 2.29. The van der Waals surface area contributed by atoms with Gasteiger partial charge in [-0.25, -0.2) is 0 Å². The molecule has 2 unspecified atom stereocenters. The van der Waals surface area contributed by atoms with Crippen LogP contribution in [-0.4, -0.2) is 47.9 Å². The highest BCUT2D eigenvalue weighted by Crippen LogP contribution is 2.18. The van der Waals surface area contributed by atoms with Crippen molar-refractivity contribution in [3.63, 3.8) is 0 Å². The molecule has 1 aromatic heterocycles. The van der Waals surface area contributed by atoms with Gasteiger partial charge < -0.3 is 4.90 Å². The smallest absolute Gasteiger partial charge is 0.264 e. The zero-order chi connectivity index (χ0) is 11.7. The summed E-state index contributed by atoms with van der Waals surface area (Å²) >= 11 is 1.52. The van der Waals surface area contributed by atoms with Crippen LogP contribution in [0.25, 0.3) is 0 Å². The molecule has 1 saturated heterocycles. The van der Waals surface area contributed by atoms with Gasteiger partial charge in [0.2, 0.25) is 0 Å². The van der Waals surface area contributed by atoms with Crippen LogP contribution in [0.4, 0.5) is 0 Å². The van der Waals surface area contributed by atoms with Crippen molar-refractivity contribution in [1.82, 2.24) is 9.80 Å². The summed E-state index contributed by atoms with van der Waals surface area (Å²) in [5.41, 5.74) is 0. The summed E-state index contributed by atoms with van der Waals surface area (Å²) < 4.78 is 0. The monoisotopic (exact) mass is 238 g/mol. The maximum atomic E-state index is 12.2. The van der Waals surface area contributed by atoms with Gasteiger partial charge in [-0.15, -0.1) is 11.3 Å². The number of nitrogens with zero attached hydrogens (tertiary/aromatic N) is 2. The van der Waals surface area contributed by atoms with Crippen molar-refractivity contribution in [2.24, 2.45) is 0 Å². The van der Waals surface area contributed by atoms with E-state index in [1.165, 1.54) is 11.3 Å². The predicted molar refractivity (Wildman–Crippen MR) is 66.9 cm³/mol. The van der Waals surface area contributed by atoms with Gasteiger partial charge in [0.15, 0.2) is 0 Å². The Morgan fingerprint density at radius 1 is 1.38 bits per heavy atom. The van der Waals surface area contributed by atoms with Crippen LogP contribution >= 0.6 is 11.3 Å². The highest BCUT2D eigenvalue weighted by molar-refractivity contribution is 7.12. The van der Waals surface area contributed by atoms with Crippen LogP contribution in [0.1, 0.15) is 23.5 Å². The van der Waals surface area contributed by atoms with Gasteiger partial charge in [0.05, 0.1) is 4.88 Å². The van der Waals surface area contributed by atoms with Crippen LogP contribution in [0.15, 0.2) is 17.5 Å². The van der Waals surface area contributed by atoms with Crippen molar-refractivity contribution in [3.8, 4) is 0 Å². The van der Waals surface area contributed by atoms with E-state index >= 15 is 0 Å². The summed E-state index contributed by atoms with van der Waals surface area (Å²) in [6.07, 6.45) is 0. The fourth-order valence-corrected chi connectivity index (χ4v) is 2.82. The number of amides is 1. The molecule has 1 aromatic rings. The summed E-state index contributed by atoms with van der Waals surface area (Å²) in [4.78, 5) is 17.3. The highest BCUT2D eigenvalue weighted by atomic mass is 32.1. The first-order chi connectivity index (χ1) is 7.59. The van der Waals surface area contributed by atoms with Crippen molar-refractivity contribution in [1.29, 1.82) is 0 Å². The zero-order valence-electron chi connectivity index (χ0n) is 10.0. The molecule has 0 saturated carbocycles. The maximum absolute atomic E-state index is 12.2. The van der Waals surface area contributed by atoms with E-state index in [0.717, 1.165) is 18.0 Å². The molecular formula is C12H18N2OS. The van der Waals surface area contributed by atoms with Crippen LogP contribution in [0.3, 0.4) is 0 Å². The summed E-state index contributed by atoms with van der Waals surface area (Å²) in [5, 5.41) is 1.95. The van der Waals surface area contributed by atoms with Crippen LogP contribution in [0, 0.1) is 0 Å². The molecule has 0 N–H and O–H groups in total. The standard InChI is InChI=1S/C12H18N2OS/c1-9-7-14(8-10(2)13(9)3)12(15)11-5-4-6-16-11/h4-6,9-10H,7-8H2,1-3H3. The van der Waals surface area contributed by atoms with Gasteiger partial charge in [-0.1, -0.05) is 6.07 Å². The minimum absolute atomic E-state index is 0.182. The summed E-state index contributed by atoms with van der Waals surface area (Å²) in [6, 6.07) is 4.71. The third kappa shape index (κ3) is 2.13. The van der Waals surface area contributed by atoms with Gasteiger partial charge in [-0.2, -0.15) is 0 Å². The van der Waals surface area contributed by atoms with Crippen molar-refractivity contribution in [2.45, 2.75) is 25.9 Å². The third-order valence-corrected chi connectivity index (χ3v) is 4.24. The normalized spacial score (nSPS) is 27.1. The Kier molecular flexibility index (Phi) is 3.30. The quantitative estimate of drug-likeness (QED) is 0.746.